The number of benzene rings is 7. The van der Waals surface area contributed by atoms with Crippen LogP contribution in [0, 0.1) is 0 Å². The summed E-state index contributed by atoms with van der Waals surface area (Å²) in [7, 11) is 3.40. The van der Waals surface area contributed by atoms with Gasteiger partial charge in [-0.25, -0.2) is 15.0 Å². The average Bonchev–Trinajstić information content (AvgIpc) is 3.53. The van der Waals surface area contributed by atoms with Crippen LogP contribution in [0.4, 0.5) is 0 Å². The molecule has 0 aliphatic heterocycles. The summed E-state index contributed by atoms with van der Waals surface area (Å²) in [6, 6.07) is 54.2. The Bertz CT molecular complexity index is 2600. The predicted molar refractivity (Wildman–Crippen MR) is 207 cm³/mol. The first-order chi connectivity index (χ1) is 25.2. The number of rotatable bonds is 7. The summed E-state index contributed by atoms with van der Waals surface area (Å²) in [6.45, 7) is 0. The van der Waals surface area contributed by atoms with Crippen molar-refractivity contribution in [1.29, 1.82) is 0 Å². The van der Waals surface area contributed by atoms with E-state index in [1.807, 2.05) is 72.8 Å². The van der Waals surface area contributed by atoms with Crippen LogP contribution in [-0.2, 0) is 0 Å². The molecule has 0 fully saturated rings. The monoisotopic (exact) mass is 660 g/mol. The maximum Gasteiger partial charge on any atom is 0.164 e. The molecule has 0 radical (unpaired) electrons. The third kappa shape index (κ3) is 5.34. The van der Waals surface area contributed by atoms with Gasteiger partial charge < -0.3 is 14.0 Å². The molecule has 6 heteroatoms. The molecule has 0 saturated heterocycles. The maximum atomic E-state index is 5.65. The van der Waals surface area contributed by atoms with E-state index in [4.69, 9.17) is 24.4 Å². The van der Waals surface area contributed by atoms with E-state index in [1.54, 1.807) is 14.2 Å². The Morgan fingerprint density at radius 2 is 0.922 bits per heavy atom. The number of nitrogens with zero attached hydrogens (tertiary/aromatic N) is 4. The summed E-state index contributed by atoms with van der Waals surface area (Å²) in [5.41, 5.74) is 8.23. The molecule has 51 heavy (non-hydrogen) atoms. The number of hydrogen-bond acceptors (Lipinski definition) is 5. The molecule has 0 bridgehead atoms. The normalized spacial score (nSPS) is 11.3. The summed E-state index contributed by atoms with van der Waals surface area (Å²) in [4.78, 5) is 14.9. The fourth-order valence-corrected chi connectivity index (χ4v) is 7.01. The third-order valence-electron chi connectivity index (χ3n) is 9.43. The van der Waals surface area contributed by atoms with Gasteiger partial charge in [0.15, 0.2) is 17.5 Å². The van der Waals surface area contributed by atoms with Gasteiger partial charge in [-0.1, -0.05) is 109 Å². The first kappa shape index (κ1) is 30.3. The van der Waals surface area contributed by atoms with Gasteiger partial charge in [-0.15, -0.1) is 0 Å². The van der Waals surface area contributed by atoms with Crippen LogP contribution in [-0.4, -0.2) is 33.7 Å². The molecule has 0 amide bonds. The highest BCUT2D eigenvalue weighted by Crippen LogP contribution is 2.41. The zero-order valence-corrected chi connectivity index (χ0v) is 28.1. The standard InChI is InChI=1S/C45H32N4O2/c1-50-34-22-24-39-37(27-34)38-28-35(51-2)23-25-40(38)49(39)41-21-11-17-29-16-10-20-36(42(29)41)32-18-9-19-33(26-32)45-47-43(30-12-5-3-6-13-30)46-44(48-45)31-14-7-4-8-15-31/h3-28H,1-2H3. The van der Waals surface area contributed by atoms with Crippen LogP contribution in [0.2, 0.25) is 0 Å². The highest BCUT2D eigenvalue weighted by atomic mass is 16.5. The van der Waals surface area contributed by atoms with Gasteiger partial charge in [0.05, 0.1) is 30.9 Å². The van der Waals surface area contributed by atoms with Crippen molar-refractivity contribution in [3.8, 4) is 62.5 Å². The van der Waals surface area contributed by atoms with Gasteiger partial charge in [0.1, 0.15) is 11.5 Å². The van der Waals surface area contributed by atoms with Crippen molar-refractivity contribution in [1.82, 2.24) is 19.5 Å². The van der Waals surface area contributed by atoms with Crippen LogP contribution in [0.5, 0.6) is 11.5 Å². The van der Waals surface area contributed by atoms with Crippen molar-refractivity contribution in [2.75, 3.05) is 14.2 Å². The van der Waals surface area contributed by atoms with Crippen LogP contribution in [0.25, 0.3) is 83.6 Å². The Morgan fingerprint density at radius 1 is 0.431 bits per heavy atom. The molecule has 0 aliphatic carbocycles. The highest BCUT2D eigenvalue weighted by Gasteiger charge is 2.19. The molecule has 7 aromatic carbocycles. The summed E-state index contributed by atoms with van der Waals surface area (Å²) in [5, 5.41) is 4.48. The van der Waals surface area contributed by atoms with Crippen molar-refractivity contribution >= 4 is 32.6 Å². The lowest BCUT2D eigenvalue weighted by Crippen LogP contribution is -2.00. The molecule has 0 unspecified atom stereocenters. The van der Waals surface area contributed by atoms with Gasteiger partial charge in [-0.3, -0.25) is 0 Å². The Labute approximate surface area is 295 Å². The number of aromatic nitrogens is 4. The molecule has 0 N–H and O–H groups in total. The fraction of sp³-hybridized carbons (Fsp3) is 0.0444. The lowest BCUT2D eigenvalue weighted by Gasteiger charge is -2.16. The van der Waals surface area contributed by atoms with Crippen molar-refractivity contribution in [2.45, 2.75) is 0 Å². The third-order valence-corrected chi connectivity index (χ3v) is 9.43. The number of ether oxygens (including phenoxy) is 2. The van der Waals surface area contributed by atoms with E-state index in [1.165, 1.54) is 0 Å². The van der Waals surface area contributed by atoms with Gasteiger partial charge in [0, 0.05) is 32.8 Å². The topological polar surface area (TPSA) is 62.1 Å². The fourth-order valence-electron chi connectivity index (χ4n) is 7.01. The first-order valence-electron chi connectivity index (χ1n) is 16.8. The Balaban J connectivity index is 1.25. The maximum absolute atomic E-state index is 5.65. The average molecular weight is 661 g/mol. The Kier molecular flexibility index (Phi) is 7.47. The van der Waals surface area contributed by atoms with Gasteiger partial charge in [0.25, 0.3) is 0 Å². The largest absolute Gasteiger partial charge is 0.497 e. The molecule has 9 rings (SSSR count). The minimum absolute atomic E-state index is 0.621. The zero-order valence-electron chi connectivity index (χ0n) is 28.1. The number of methoxy groups -OCH3 is 2. The smallest absolute Gasteiger partial charge is 0.164 e. The summed E-state index contributed by atoms with van der Waals surface area (Å²) >= 11 is 0. The van der Waals surface area contributed by atoms with Crippen molar-refractivity contribution < 1.29 is 9.47 Å². The quantitative estimate of drug-likeness (QED) is 0.170. The molecule has 6 nitrogen and oxygen atoms in total. The first-order valence-corrected chi connectivity index (χ1v) is 16.8. The van der Waals surface area contributed by atoms with Crippen LogP contribution in [0.3, 0.4) is 0 Å². The second-order valence-corrected chi connectivity index (χ2v) is 12.4. The lowest BCUT2D eigenvalue weighted by molar-refractivity contribution is 0.415. The molecule has 9 aromatic rings. The van der Waals surface area contributed by atoms with Crippen molar-refractivity contribution in [2.24, 2.45) is 0 Å². The van der Waals surface area contributed by atoms with Crippen LogP contribution in [0.15, 0.2) is 158 Å². The molecule has 0 atom stereocenters. The molecule has 0 aliphatic rings. The second-order valence-electron chi connectivity index (χ2n) is 12.4. The zero-order chi connectivity index (χ0) is 34.3. The van der Waals surface area contributed by atoms with Gasteiger partial charge >= 0.3 is 0 Å². The Hall–Kier alpha value is -6.79. The molecular weight excluding hydrogens is 629 g/mol. The SMILES string of the molecule is COc1ccc2c(c1)c1cc(OC)ccc1n2-c1cccc2cccc(-c3cccc(-c4nc(-c5ccccc5)nc(-c5ccccc5)n4)c3)c12. The van der Waals surface area contributed by atoms with Gasteiger partial charge in [0.2, 0.25) is 0 Å². The summed E-state index contributed by atoms with van der Waals surface area (Å²) in [5.74, 6) is 3.51. The van der Waals surface area contributed by atoms with E-state index in [2.05, 4.69) is 89.5 Å². The molecule has 244 valence electrons. The van der Waals surface area contributed by atoms with E-state index in [9.17, 15) is 0 Å². The predicted octanol–water partition coefficient (Wildman–Crippen LogP) is 10.8. The molecule has 0 saturated carbocycles. The van der Waals surface area contributed by atoms with E-state index in [0.717, 1.165) is 77.6 Å². The van der Waals surface area contributed by atoms with E-state index in [-0.39, 0.29) is 0 Å². The van der Waals surface area contributed by atoms with E-state index >= 15 is 0 Å². The minimum atomic E-state index is 0.621. The molecule has 2 aromatic heterocycles. The van der Waals surface area contributed by atoms with Gasteiger partial charge in [-0.05, 0) is 65.0 Å². The van der Waals surface area contributed by atoms with E-state index in [0.29, 0.717) is 17.5 Å². The van der Waals surface area contributed by atoms with Crippen molar-refractivity contribution in [3.05, 3.63) is 158 Å². The van der Waals surface area contributed by atoms with Crippen LogP contribution in [0.1, 0.15) is 0 Å². The summed E-state index contributed by atoms with van der Waals surface area (Å²) < 4.78 is 13.6. The minimum Gasteiger partial charge on any atom is -0.497 e. The number of hydrogen-bond donors (Lipinski definition) is 0. The van der Waals surface area contributed by atoms with Gasteiger partial charge in [-0.2, -0.15) is 0 Å². The summed E-state index contributed by atoms with van der Waals surface area (Å²) in [6.07, 6.45) is 0. The molecular formula is C45H32N4O2. The second kappa shape index (κ2) is 12.6. The molecule has 2 heterocycles. The van der Waals surface area contributed by atoms with Crippen LogP contribution < -0.4 is 9.47 Å². The van der Waals surface area contributed by atoms with Crippen molar-refractivity contribution in [3.63, 3.8) is 0 Å². The Morgan fingerprint density at radius 3 is 1.49 bits per heavy atom. The van der Waals surface area contributed by atoms with E-state index < -0.39 is 0 Å². The lowest BCUT2D eigenvalue weighted by atomic mass is 9.95. The molecule has 0 spiro atoms. The highest BCUT2D eigenvalue weighted by molar-refractivity contribution is 6.12. The van der Waals surface area contributed by atoms with Crippen LogP contribution >= 0.6 is 0 Å². The number of fused-ring (bicyclic) bond motifs is 4.